The molecule has 1 fully saturated rings. The molecule has 76 valence electrons. The third kappa shape index (κ3) is 1.78. The van der Waals surface area contributed by atoms with Crippen molar-refractivity contribution in [2.24, 2.45) is 5.73 Å². The van der Waals surface area contributed by atoms with E-state index in [0.29, 0.717) is 6.54 Å². The molecule has 1 aliphatic rings. The first-order chi connectivity index (χ1) is 6.62. The summed E-state index contributed by atoms with van der Waals surface area (Å²) >= 11 is 1.54. The first kappa shape index (κ1) is 9.61. The van der Waals surface area contributed by atoms with Gasteiger partial charge >= 0.3 is 0 Å². The monoisotopic (exact) mass is 211 g/mol. The number of nitrogens with zero attached hydrogens (tertiary/aromatic N) is 2. The van der Waals surface area contributed by atoms with Crippen LogP contribution in [0.3, 0.4) is 0 Å². The van der Waals surface area contributed by atoms with Crippen LogP contribution in [-0.4, -0.2) is 28.4 Å². The van der Waals surface area contributed by atoms with Gasteiger partial charge in [-0.2, -0.15) is 0 Å². The first-order valence-corrected chi connectivity index (χ1v) is 5.48. The van der Waals surface area contributed by atoms with Crippen molar-refractivity contribution in [2.75, 3.05) is 7.05 Å². The van der Waals surface area contributed by atoms with Crippen LogP contribution in [0, 0.1) is 0 Å². The average Bonchev–Trinajstić information content (AvgIpc) is 2.71. The molecule has 1 aromatic rings. The van der Waals surface area contributed by atoms with Gasteiger partial charge in [0.25, 0.3) is 0 Å². The van der Waals surface area contributed by atoms with E-state index < -0.39 is 5.54 Å². The minimum absolute atomic E-state index is 0.0329. The molecule has 0 aromatic carbocycles. The number of thiazole rings is 1. The Labute approximate surface area is 86.7 Å². The van der Waals surface area contributed by atoms with E-state index in [2.05, 4.69) is 4.98 Å². The van der Waals surface area contributed by atoms with E-state index in [1.54, 1.807) is 17.5 Å². The van der Waals surface area contributed by atoms with E-state index in [4.69, 9.17) is 5.73 Å². The number of rotatable bonds is 3. The number of hydrogen-bond acceptors (Lipinski definition) is 4. The smallest absolute Gasteiger partial charge is 0.242 e. The Balaban J connectivity index is 1.96. The molecule has 2 rings (SSSR count). The van der Waals surface area contributed by atoms with Crippen molar-refractivity contribution in [1.29, 1.82) is 0 Å². The highest BCUT2D eigenvalue weighted by atomic mass is 32.1. The molecule has 1 amide bonds. The van der Waals surface area contributed by atoms with E-state index in [0.717, 1.165) is 18.5 Å². The van der Waals surface area contributed by atoms with Gasteiger partial charge in [-0.15, -0.1) is 11.3 Å². The van der Waals surface area contributed by atoms with Crippen molar-refractivity contribution in [3.05, 3.63) is 16.6 Å². The molecular weight excluding hydrogens is 198 g/mol. The summed E-state index contributed by atoms with van der Waals surface area (Å²) in [5.74, 6) is 0.0329. The highest BCUT2D eigenvalue weighted by Gasteiger charge is 2.47. The second-order valence-corrected chi connectivity index (χ2v) is 4.52. The number of nitrogens with two attached hydrogens (primary N) is 1. The maximum atomic E-state index is 11.7. The van der Waals surface area contributed by atoms with Gasteiger partial charge < -0.3 is 10.6 Å². The Morgan fingerprint density at radius 1 is 1.79 bits per heavy atom. The zero-order valence-corrected chi connectivity index (χ0v) is 8.88. The maximum Gasteiger partial charge on any atom is 0.242 e. The standard InChI is InChI=1S/C9H13N3OS/c1-12(4-7-5-14-6-11-7)8(13)9(10)2-3-9/h5-6H,2-4,10H2,1H3. The molecule has 0 aliphatic heterocycles. The second-order valence-electron chi connectivity index (χ2n) is 3.80. The predicted molar refractivity (Wildman–Crippen MR) is 54.7 cm³/mol. The van der Waals surface area contributed by atoms with Crippen molar-refractivity contribution < 1.29 is 4.79 Å². The molecule has 0 radical (unpaired) electrons. The van der Waals surface area contributed by atoms with Crippen LogP contribution in [-0.2, 0) is 11.3 Å². The van der Waals surface area contributed by atoms with E-state index in [9.17, 15) is 4.79 Å². The molecule has 5 heteroatoms. The quantitative estimate of drug-likeness (QED) is 0.796. The predicted octanol–water partition coefficient (Wildman–Crippen LogP) is 0.593. The molecule has 2 N–H and O–H groups in total. The van der Waals surface area contributed by atoms with Crippen LogP contribution in [0.4, 0.5) is 0 Å². The molecule has 1 aliphatic carbocycles. The lowest BCUT2D eigenvalue weighted by Crippen LogP contribution is -2.43. The summed E-state index contributed by atoms with van der Waals surface area (Å²) in [5.41, 5.74) is 7.94. The number of likely N-dealkylation sites (N-methyl/N-ethyl adjacent to an activating group) is 1. The van der Waals surface area contributed by atoms with Gasteiger partial charge in [-0.05, 0) is 12.8 Å². The molecule has 1 saturated carbocycles. The van der Waals surface area contributed by atoms with E-state index in [1.165, 1.54) is 11.3 Å². The summed E-state index contributed by atoms with van der Waals surface area (Å²) in [6.07, 6.45) is 1.63. The van der Waals surface area contributed by atoms with Crippen LogP contribution >= 0.6 is 11.3 Å². The van der Waals surface area contributed by atoms with Gasteiger partial charge in [-0.1, -0.05) is 0 Å². The number of carbonyl (C=O) groups is 1. The molecule has 4 nitrogen and oxygen atoms in total. The summed E-state index contributed by atoms with van der Waals surface area (Å²) in [6.45, 7) is 0.557. The lowest BCUT2D eigenvalue weighted by Gasteiger charge is -2.19. The lowest BCUT2D eigenvalue weighted by atomic mass is 10.2. The molecule has 0 atom stereocenters. The minimum atomic E-state index is -0.565. The van der Waals surface area contributed by atoms with Gasteiger partial charge in [0.05, 0.1) is 23.3 Å². The first-order valence-electron chi connectivity index (χ1n) is 4.53. The molecule has 1 aromatic heterocycles. The molecular formula is C9H13N3OS. The van der Waals surface area contributed by atoms with Gasteiger partial charge in [0, 0.05) is 12.4 Å². The van der Waals surface area contributed by atoms with Crippen LogP contribution in [0.25, 0.3) is 0 Å². The lowest BCUT2D eigenvalue weighted by molar-refractivity contribution is -0.132. The largest absolute Gasteiger partial charge is 0.338 e. The zero-order chi connectivity index (χ0) is 10.2. The van der Waals surface area contributed by atoms with Gasteiger partial charge in [-0.3, -0.25) is 4.79 Å². The Hall–Kier alpha value is -0.940. The third-order valence-electron chi connectivity index (χ3n) is 2.44. The fourth-order valence-electron chi connectivity index (χ4n) is 1.36. The third-order valence-corrected chi connectivity index (χ3v) is 3.08. The fourth-order valence-corrected chi connectivity index (χ4v) is 1.91. The van der Waals surface area contributed by atoms with Crippen molar-refractivity contribution in [3.8, 4) is 0 Å². The Morgan fingerprint density at radius 2 is 2.50 bits per heavy atom. The Kier molecular flexibility index (Phi) is 2.28. The van der Waals surface area contributed by atoms with Crippen molar-refractivity contribution in [3.63, 3.8) is 0 Å². The van der Waals surface area contributed by atoms with Gasteiger partial charge in [0.2, 0.25) is 5.91 Å². The van der Waals surface area contributed by atoms with Crippen molar-refractivity contribution >= 4 is 17.2 Å². The van der Waals surface area contributed by atoms with Crippen LogP contribution < -0.4 is 5.73 Å². The van der Waals surface area contributed by atoms with Crippen LogP contribution in [0.15, 0.2) is 10.9 Å². The number of amides is 1. The average molecular weight is 211 g/mol. The van der Waals surface area contributed by atoms with E-state index in [1.807, 2.05) is 5.38 Å². The Bertz CT molecular complexity index is 332. The Morgan fingerprint density at radius 3 is 3.00 bits per heavy atom. The molecule has 14 heavy (non-hydrogen) atoms. The van der Waals surface area contributed by atoms with Gasteiger partial charge in [0.15, 0.2) is 0 Å². The van der Waals surface area contributed by atoms with Crippen LogP contribution in [0.2, 0.25) is 0 Å². The summed E-state index contributed by atoms with van der Waals surface area (Å²) in [6, 6.07) is 0. The fraction of sp³-hybridized carbons (Fsp3) is 0.556. The second kappa shape index (κ2) is 3.33. The number of hydrogen-bond donors (Lipinski definition) is 1. The van der Waals surface area contributed by atoms with Gasteiger partial charge in [0.1, 0.15) is 0 Å². The highest BCUT2D eigenvalue weighted by Crippen LogP contribution is 2.34. The minimum Gasteiger partial charge on any atom is -0.338 e. The zero-order valence-electron chi connectivity index (χ0n) is 8.06. The number of carbonyl (C=O) groups excluding carboxylic acids is 1. The molecule has 0 unspecified atom stereocenters. The molecule has 0 bridgehead atoms. The molecule has 0 saturated heterocycles. The van der Waals surface area contributed by atoms with Crippen LogP contribution in [0.5, 0.6) is 0 Å². The molecule has 0 spiro atoms. The molecule has 1 heterocycles. The normalized spacial score (nSPS) is 17.9. The topological polar surface area (TPSA) is 59.2 Å². The highest BCUT2D eigenvalue weighted by molar-refractivity contribution is 7.07. The van der Waals surface area contributed by atoms with E-state index >= 15 is 0 Å². The summed E-state index contributed by atoms with van der Waals surface area (Å²) in [7, 11) is 1.77. The summed E-state index contributed by atoms with van der Waals surface area (Å²) in [4.78, 5) is 17.5. The van der Waals surface area contributed by atoms with E-state index in [-0.39, 0.29) is 5.91 Å². The van der Waals surface area contributed by atoms with Crippen molar-refractivity contribution in [1.82, 2.24) is 9.88 Å². The SMILES string of the molecule is CN(Cc1cscn1)C(=O)C1(N)CC1. The number of aromatic nitrogens is 1. The maximum absolute atomic E-state index is 11.7. The van der Waals surface area contributed by atoms with Crippen LogP contribution in [0.1, 0.15) is 18.5 Å². The summed E-state index contributed by atoms with van der Waals surface area (Å²) < 4.78 is 0. The van der Waals surface area contributed by atoms with Gasteiger partial charge in [-0.25, -0.2) is 4.98 Å². The summed E-state index contributed by atoms with van der Waals surface area (Å²) in [5, 5.41) is 1.94. The van der Waals surface area contributed by atoms with Crippen molar-refractivity contribution in [2.45, 2.75) is 24.9 Å².